The van der Waals surface area contributed by atoms with Crippen LogP contribution >= 0.6 is 0 Å². The third kappa shape index (κ3) is 1.21. The molecule has 0 saturated heterocycles. The van der Waals surface area contributed by atoms with Crippen LogP contribution in [-0.4, -0.2) is 24.0 Å². The molecule has 0 bridgehead atoms. The molecule has 0 saturated carbocycles. The summed E-state index contributed by atoms with van der Waals surface area (Å²) in [6.07, 6.45) is 0. The monoisotopic (exact) mass is 263 g/mol. The molecule has 0 aromatic carbocycles. The van der Waals surface area contributed by atoms with E-state index in [-0.39, 0.29) is 22.1 Å². The molecule has 98 valence electrons. The molecule has 3 aromatic heterocycles. The quantitative estimate of drug-likeness (QED) is 0.487. The summed E-state index contributed by atoms with van der Waals surface area (Å²) in [4.78, 5) is 36.1. The number of aromatic nitrogens is 5. The van der Waals surface area contributed by atoms with Gasteiger partial charge in [-0.1, -0.05) is 0 Å². The normalized spacial score (nSPS) is 11.5. The largest absolute Gasteiger partial charge is 0.332 e. The zero-order valence-corrected chi connectivity index (χ0v) is 10.4. The van der Waals surface area contributed by atoms with Gasteiger partial charge in [-0.15, -0.1) is 0 Å². The summed E-state index contributed by atoms with van der Waals surface area (Å²) in [5.41, 5.74) is -1.34. The average molecular weight is 263 g/mol. The molecule has 3 aromatic rings. The summed E-state index contributed by atoms with van der Waals surface area (Å²) >= 11 is 0. The summed E-state index contributed by atoms with van der Waals surface area (Å²) < 4.78 is 7.87. The smallest absolute Gasteiger partial charge is 0.295 e. The molecule has 0 aliphatic rings. The molecule has 3 rings (SSSR count). The maximum Gasteiger partial charge on any atom is 0.332 e. The number of aryl methyl sites for hydroxylation is 2. The molecule has 9 nitrogen and oxygen atoms in total. The van der Waals surface area contributed by atoms with E-state index in [4.69, 9.17) is 0 Å². The van der Waals surface area contributed by atoms with E-state index in [9.17, 15) is 14.4 Å². The Morgan fingerprint density at radius 3 is 2.16 bits per heavy atom. The van der Waals surface area contributed by atoms with Gasteiger partial charge in [0.25, 0.3) is 11.1 Å². The van der Waals surface area contributed by atoms with Gasteiger partial charge in [-0.05, 0) is 10.3 Å². The molecule has 0 fully saturated rings. The van der Waals surface area contributed by atoms with E-state index in [1.54, 1.807) is 0 Å². The third-order valence-electron chi connectivity index (χ3n) is 3.18. The Bertz CT molecular complexity index is 1000. The van der Waals surface area contributed by atoms with E-state index in [1.807, 2.05) is 0 Å². The number of rotatable bonds is 0. The topological polar surface area (TPSA) is 105 Å². The van der Waals surface area contributed by atoms with E-state index in [1.165, 1.54) is 30.3 Å². The molecule has 0 spiro atoms. The van der Waals surface area contributed by atoms with Gasteiger partial charge in [0.2, 0.25) is 5.52 Å². The van der Waals surface area contributed by atoms with Gasteiger partial charge < -0.3 is 0 Å². The van der Waals surface area contributed by atoms with E-state index >= 15 is 0 Å². The second-order valence-electron chi connectivity index (χ2n) is 4.23. The summed E-state index contributed by atoms with van der Waals surface area (Å²) in [7, 11) is 4.29. The minimum absolute atomic E-state index is 0.0363. The lowest BCUT2D eigenvalue weighted by atomic mass is 10.2. The Morgan fingerprint density at radius 2 is 1.47 bits per heavy atom. The fraction of sp³-hybridized carbons (Fsp3) is 0.300. The minimum atomic E-state index is -0.547. The lowest BCUT2D eigenvalue weighted by Crippen LogP contribution is -2.39. The van der Waals surface area contributed by atoms with Crippen molar-refractivity contribution in [1.29, 1.82) is 0 Å². The van der Waals surface area contributed by atoms with Crippen molar-refractivity contribution in [3.8, 4) is 0 Å². The maximum absolute atomic E-state index is 12.2. The van der Waals surface area contributed by atoms with Crippen molar-refractivity contribution in [3.05, 3.63) is 31.2 Å². The fourth-order valence-electron chi connectivity index (χ4n) is 2.18. The van der Waals surface area contributed by atoms with Crippen molar-refractivity contribution in [3.63, 3.8) is 0 Å². The number of pyridine rings is 1. The first-order chi connectivity index (χ1) is 8.95. The zero-order valence-electron chi connectivity index (χ0n) is 10.4. The molecule has 0 unspecified atom stereocenters. The molecule has 0 amide bonds. The van der Waals surface area contributed by atoms with Gasteiger partial charge in [-0.25, -0.2) is 9.42 Å². The number of hydrogen-bond acceptors (Lipinski definition) is 6. The first-order valence-corrected chi connectivity index (χ1v) is 5.36. The van der Waals surface area contributed by atoms with Crippen molar-refractivity contribution < 1.29 is 4.63 Å². The number of fused-ring (bicyclic) bond motifs is 3. The second kappa shape index (κ2) is 3.40. The predicted octanol–water partition coefficient (Wildman–Crippen LogP) is -1.53. The van der Waals surface area contributed by atoms with Gasteiger partial charge in [0, 0.05) is 21.1 Å². The summed E-state index contributed by atoms with van der Waals surface area (Å²) in [5.74, 6) is 0. The van der Waals surface area contributed by atoms with Gasteiger partial charge in [0.15, 0.2) is 5.52 Å². The molecular formula is C10H9N5O4. The standard InChI is InChI=1S/C10H9N5O4/c1-13-7-4(5-6(9(13)17)12-19-11-5)8(16)15(3)10(18)14(7)2/h1-3H3. The van der Waals surface area contributed by atoms with Crippen LogP contribution in [0.4, 0.5) is 0 Å². The van der Waals surface area contributed by atoms with E-state index in [2.05, 4.69) is 14.9 Å². The van der Waals surface area contributed by atoms with Crippen molar-refractivity contribution in [2.45, 2.75) is 0 Å². The van der Waals surface area contributed by atoms with E-state index < -0.39 is 16.8 Å². The molecular weight excluding hydrogens is 254 g/mol. The highest BCUT2D eigenvalue weighted by molar-refractivity contribution is 5.99. The highest BCUT2D eigenvalue weighted by Gasteiger charge is 2.20. The molecule has 0 aliphatic carbocycles. The van der Waals surface area contributed by atoms with Gasteiger partial charge in [-0.3, -0.25) is 23.3 Å². The third-order valence-corrected chi connectivity index (χ3v) is 3.18. The molecule has 9 heteroatoms. The van der Waals surface area contributed by atoms with Gasteiger partial charge in [-0.2, -0.15) is 0 Å². The number of nitrogens with zero attached hydrogens (tertiary/aromatic N) is 5. The van der Waals surface area contributed by atoms with Crippen LogP contribution in [0.15, 0.2) is 19.0 Å². The van der Waals surface area contributed by atoms with Crippen LogP contribution in [0.25, 0.3) is 22.1 Å². The first-order valence-electron chi connectivity index (χ1n) is 5.36. The van der Waals surface area contributed by atoms with Gasteiger partial charge in [0.1, 0.15) is 11.0 Å². The van der Waals surface area contributed by atoms with Crippen molar-refractivity contribution >= 4 is 22.1 Å². The Kier molecular flexibility index (Phi) is 2.04. The Morgan fingerprint density at radius 1 is 0.842 bits per heavy atom. The van der Waals surface area contributed by atoms with Gasteiger partial charge in [0.05, 0.1) is 0 Å². The van der Waals surface area contributed by atoms with Crippen LogP contribution in [0, 0.1) is 0 Å². The van der Waals surface area contributed by atoms with Crippen molar-refractivity contribution in [2.24, 2.45) is 21.1 Å². The Hall–Kier alpha value is -2.71. The van der Waals surface area contributed by atoms with E-state index in [0.29, 0.717) is 0 Å². The van der Waals surface area contributed by atoms with Gasteiger partial charge >= 0.3 is 5.69 Å². The average Bonchev–Trinajstić information content (AvgIpc) is 2.87. The van der Waals surface area contributed by atoms with Crippen LogP contribution in [0.1, 0.15) is 0 Å². The summed E-state index contributed by atoms with van der Waals surface area (Å²) in [5, 5.41) is 7.22. The van der Waals surface area contributed by atoms with Crippen LogP contribution in [-0.2, 0) is 21.1 Å². The highest BCUT2D eigenvalue weighted by atomic mass is 16.6. The molecule has 3 heterocycles. The molecule has 0 aliphatic heterocycles. The van der Waals surface area contributed by atoms with E-state index in [0.717, 1.165) is 4.57 Å². The molecule has 0 N–H and O–H groups in total. The van der Waals surface area contributed by atoms with Crippen molar-refractivity contribution in [2.75, 3.05) is 0 Å². The van der Waals surface area contributed by atoms with Crippen LogP contribution in [0.5, 0.6) is 0 Å². The Labute approximate surface area is 104 Å². The van der Waals surface area contributed by atoms with Crippen LogP contribution in [0.3, 0.4) is 0 Å². The summed E-state index contributed by atoms with van der Waals surface area (Å²) in [6, 6.07) is 0. The predicted molar refractivity (Wildman–Crippen MR) is 65.0 cm³/mol. The SMILES string of the molecule is Cn1c(=O)c2c3nonc3c(=O)n(C)c2n(C)c1=O. The molecule has 19 heavy (non-hydrogen) atoms. The van der Waals surface area contributed by atoms with Crippen molar-refractivity contribution in [1.82, 2.24) is 24.0 Å². The highest BCUT2D eigenvalue weighted by Crippen LogP contribution is 2.14. The zero-order chi connectivity index (χ0) is 13.9. The lowest BCUT2D eigenvalue weighted by molar-refractivity contribution is 0.315. The molecule has 0 atom stereocenters. The second-order valence-corrected chi connectivity index (χ2v) is 4.23. The Balaban J connectivity index is 2.91. The minimum Gasteiger partial charge on any atom is -0.295 e. The first kappa shape index (κ1) is 11.4. The van der Waals surface area contributed by atoms with Crippen LogP contribution in [0.2, 0.25) is 0 Å². The maximum atomic E-state index is 12.2. The number of hydrogen-bond donors (Lipinski definition) is 0. The fourth-order valence-corrected chi connectivity index (χ4v) is 2.18. The van der Waals surface area contributed by atoms with Crippen LogP contribution < -0.4 is 16.8 Å². The lowest BCUT2D eigenvalue weighted by Gasteiger charge is -2.10. The molecule has 0 radical (unpaired) electrons. The summed E-state index contributed by atoms with van der Waals surface area (Å²) in [6.45, 7) is 0.